The highest BCUT2D eigenvalue weighted by Crippen LogP contribution is 2.35. The third-order valence-corrected chi connectivity index (χ3v) is 6.22. The number of carbonyl (C=O) groups excluding carboxylic acids is 1. The van der Waals surface area contributed by atoms with Crippen LogP contribution in [0.5, 0.6) is 5.75 Å². The number of piperidine rings is 1. The molecule has 1 saturated carbocycles. The third-order valence-electron chi connectivity index (χ3n) is 6.22. The van der Waals surface area contributed by atoms with Crippen molar-refractivity contribution in [3.63, 3.8) is 0 Å². The molecule has 142 valence electrons. The van der Waals surface area contributed by atoms with Gasteiger partial charge in [0, 0.05) is 19.6 Å². The smallest absolute Gasteiger partial charge is 0.317 e. The zero-order valence-electron chi connectivity index (χ0n) is 15.8. The number of amides is 2. The van der Waals surface area contributed by atoms with Crippen LogP contribution in [0, 0.1) is 11.8 Å². The third kappa shape index (κ3) is 4.14. The van der Waals surface area contributed by atoms with Crippen molar-refractivity contribution in [2.45, 2.75) is 38.1 Å². The molecule has 1 aromatic carbocycles. The first kappa shape index (κ1) is 17.7. The topological polar surface area (TPSA) is 44.8 Å². The van der Waals surface area contributed by atoms with Gasteiger partial charge in [0.1, 0.15) is 5.75 Å². The second-order valence-corrected chi connectivity index (χ2v) is 8.15. The first-order valence-electron chi connectivity index (χ1n) is 10.1. The van der Waals surface area contributed by atoms with Gasteiger partial charge in [0.25, 0.3) is 0 Å². The first-order valence-corrected chi connectivity index (χ1v) is 10.1. The molecule has 1 aliphatic carbocycles. The number of urea groups is 1. The highest BCUT2D eigenvalue weighted by molar-refractivity contribution is 5.75. The van der Waals surface area contributed by atoms with Gasteiger partial charge in [0.05, 0.1) is 13.2 Å². The summed E-state index contributed by atoms with van der Waals surface area (Å²) < 4.78 is 5.31. The Kier molecular flexibility index (Phi) is 5.34. The molecule has 4 rings (SSSR count). The second-order valence-electron chi connectivity index (χ2n) is 8.15. The lowest BCUT2D eigenvalue weighted by Crippen LogP contribution is -2.51. The van der Waals surface area contributed by atoms with Crippen LogP contribution in [0.15, 0.2) is 24.3 Å². The van der Waals surface area contributed by atoms with Crippen molar-refractivity contribution in [3.8, 4) is 5.75 Å². The minimum atomic E-state index is 0.0875. The van der Waals surface area contributed by atoms with Gasteiger partial charge < -0.3 is 19.9 Å². The number of ether oxygens (including phenoxy) is 1. The van der Waals surface area contributed by atoms with Crippen LogP contribution in [0.1, 0.15) is 43.7 Å². The number of carbonyl (C=O) groups is 1. The highest BCUT2D eigenvalue weighted by atomic mass is 16.5. The Labute approximate surface area is 156 Å². The van der Waals surface area contributed by atoms with Crippen LogP contribution in [0.2, 0.25) is 0 Å². The minimum Gasteiger partial charge on any atom is -0.497 e. The van der Waals surface area contributed by atoms with Crippen LogP contribution < -0.4 is 10.1 Å². The van der Waals surface area contributed by atoms with E-state index in [1.54, 1.807) is 7.11 Å². The molecule has 2 heterocycles. The van der Waals surface area contributed by atoms with Gasteiger partial charge in [0.2, 0.25) is 0 Å². The number of likely N-dealkylation sites (tertiary alicyclic amines) is 2. The van der Waals surface area contributed by atoms with Crippen molar-refractivity contribution in [3.05, 3.63) is 29.8 Å². The zero-order valence-corrected chi connectivity index (χ0v) is 15.8. The van der Waals surface area contributed by atoms with Crippen molar-refractivity contribution in [2.75, 3.05) is 39.8 Å². The van der Waals surface area contributed by atoms with Gasteiger partial charge in [-0.25, -0.2) is 4.79 Å². The van der Waals surface area contributed by atoms with Gasteiger partial charge in [-0.05, 0) is 74.7 Å². The van der Waals surface area contributed by atoms with Gasteiger partial charge in [-0.1, -0.05) is 12.1 Å². The quantitative estimate of drug-likeness (QED) is 0.850. The monoisotopic (exact) mass is 357 g/mol. The lowest BCUT2D eigenvalue weighted by Gasteiger charge is -2.41. The molecule has 26 heavy (non-hydrogen) atoms. The normalized spacial score (nSPS) is 24.2. The Bertz CT molecular complexity index is 623. The van der Waals surface area contributed by atoms with E-state index in [2.05, 4.69) is 16.3 Å². The van der Waals surface area contributed by atoms with Crippen LogP contribution >= 0.6 is 0 Å². The number of methoxy groups -OCH3 is 1. The molecule has 1 aromatic rings. The van der Waals surface area contributed by atoms with Crippen LogP contribution in [-0.2, 0) is 0 Å². The fourth-order valence-electron chi connectivity index (χ4n) is 4.20. The van der Waals surface area contributed by atoms with Crippen LogP contribution in [0.25, 0.3) is 0 Å². The number of hydrogen-bond acceptors (Lipinski definition) is 3. The molecule has 3 aliphatic rings. The summed E-state index contributed by atoms with van der Waals surface area (Å²) in [6, 6.07) is 8.34. The highest BCUT2D eigenvalue weighted by Gasteiger charge is 2.34. The second kappa shape index (κ2) is 7.87. The average Bonchev–Trinajstić information content (AvgIpc) is 3.44. The SMILES string of the molecule is COc1cccc([C@H]2CCN2C(=O)NCC2CCN(CC3CC3)CC2)c1. The Hall–Kier alpha value is -1.75. The van der Waals surface area contributed by atoms with E-state index in [-0.39, 0.29) is 12.1 Å². The summed E-state index contributed by atoms with van der Waals surface area (Å²) in [6.45, 7) is 5.36. The lowest BCUT2D eigenvalue weighted by molar-refractivity contribution is 0.111. The van der Waals surface area contributed by atoms with Gasteiger partial charge in [-0.3, -0.25) is 0 Å². The molecule has 0 radical (unpaired) electrons. The molecule has 5 heteroatoms. The standard InChI is InChI=1S/C21H31N3O2/c1-26-19-4-2-3-18(13-19)20-9-12-24(20)21(25)22-14-16-7-10-23(11-8-16)15-17-5-6-17/h2-4,13,16-17,20H,5-12,14-15H2,1H3,(H,22,25)/t20-/m1/s1. The maximum Gasteiger partial charge on any atom is 0.317 e. The van der Waals surface area contributed by atoms with Gasteiger partial charge in [0.15, 0.2) is 0 Å². The number of nitrogens with zero attached hydrogens (tertiary/aromatic N) is 2. The fraction of sp³-hybridized carbons (Fsp3) is 0.667. The van der Waals surface area contributed by atoms with Crippen LogP contribution in [-0.4, -0.2) is 55.7 Å². The van der Waals surface area contributed by atoms with Crippen molar-refractivity contribution < 1.29 is 9.53 Å². The van der Waals surface area contributed by atoms with Crippen molar-refractivity contribution >= 4 is 6.03 Å². The maximum atomic E-state index is 12.6. The summed E-state index contributed by atoms with van der Waals surface area (Å²) in [5.74, 6) is 2.46. The summed E-state index contributed by atoms with van der Waals surface area (Å²) >= 11 is 0. The van der Waals surface area contributed by atoms with E-state index >= 15 is 0 Å². The Morgan fingerprint density at radius 2 is 1.92 bits per heavy atom. The minimum absolute atomic E-state index is 0.0875. The van der Waals surface area contributed by atoms with E-state index in [1.807, 2.05) is 23.1 Å². The lowest BCUT2D eigenvalue weighted by atomic mass is 9.94. The van der Waals surface area contributed by atoms with Crippen molar-refractivity contribution in [2.24, 2.45) is 11.8 Å². The summed E-state index contributed by atoms with van der Waals surface area (Å²) in [7, 11) is 1.68. The largest absolute Gasteiger partial charge is 0.497 e. The number of nitrogens with one attached hydrogen (secondary N) is 1. The summed E-state index contributed by atoms with van der Waals surface area (Å²) in [5, 5.41) is 3.19. The van der Waals surface area contributed by atoms with E-state index in [0.717, 1.165) is 31.2 Å². The molecule has 0 aromatic heterocycles. The molecule has 2 saturated heterocycles. The number of rotatable bonds is 6. The maximum absolute atomic E-state index is 12.6. The van der Waals surface area contributed by atoms with Crippen molar-refractivity contribution in [1.82, 2.24) is 15.1 Å². The number of hydrogen-bond donors (Lipinski definition) is 1. The fourth-order valence-corrected chi connectivity index (χ4v) is 4.20. The molecular formula is C21H31N3O2. The first-order chi connectivity index (χ1) is 12.7. The van der Waals surface area contributed by atoms with E-state index in [9.17, 15) is 4.79 Å². The molecule has 2 aliphatic heterocycles. The molecule has 0 spiro atoms. The average molecular weight is 357 g/mol. The Morgan fingerprint density at radius 1 is 1.12 bits per heavy atom. The molecule has 0 bridgehead atoms. The Balaban J connectivity index is 1.22. The zero-order chi connectivity index (χ0) is 17.9. The van der Waals surface area contributed by atoms with Crippen molar-refractivity contribution in [1.29, 1.82) is 0 Å². The van der Waals surface area contributed by atoms with E-state index in [1.165, 1.54) is 50.9 Å². The molecule has 5 nitrogen and oxygen atoms in total. The predicted octanol–water partition coefficient (Wildman–Crippen LogP) is 3.27. The van der Waals surface area contributed by atoms with Gasteiger partial charge in [-0.15, -0.1) is 0 Å². The Morgan fingerprint density at radius 3 is 2.58 bits per heavy atom. The summed E-state index contributed by atoms with van der Waals surface area (Å²) in [5.41, 5.74) is 1.17. The molecule has 1 N–H and O–H groups in total. The van der Waals surface area contributed by atoms with E-state index in [0.29, 0.717) is 5.92 Å². The molecule has 1 atom stereocenters. The van der Waals surface area contributed by atoms with E-state index < -0.39 is 0 Å². The molecular weight excluding hydrogens is 326 g/mol. The van der Waals surface area contributed by atoms with Gasteiger partial charge in [-0.2, -0.15) is 0 Å². The number of benzene rings is 1. The van der Waals surface area contributed by atoms with E-state index in [4.69, 9.17) is 4.74 Å². The summed E-state index contributed by atoms with van der Waals surface area (Å²) in [6.07, 6.45) is 6.32. The molecule has 3 fully saturated rings. The molecule has 2 amide bonds. The molecule has 0 unspecified atom stereocenters. The predicted molar refractivity (Wildman–Crippen MR) is 102 cm³/mol. The van der Waals surface area contributed by atoms with Gasteiger partial charge >= 0.3 is 6.03 Å². The van der Waals surface area contributed by atoms with Crippen LogP contribution in [0.4, 0.5) is 4.79 Å². The van der Waals surface area contributed by atoms with Crippen LogP contribution in [0.3, 0.4) is 0 Å². The summed E-state index contributed by atoms with van der Waals surface area (Å²) in [4.78, 5) is 17.2.